The molecule has 1 aliphatic carbocycles. The average molecular weight is 535 g/mol. The van der Waals surface area contributed by atoms with E-state index in [0.29, 0.717) is 35.7 Å². The van der Waals surface area contributed by atoms with Crippen molar-refractivity contribution in [2.24, 2.45) is 11.8 Å². The number of esters is 1. The molecular weight excluding hydrogens is 511 g/mol. The third-order valence-corrected chi connectivity index (χ3v) is 7.38. The monoisotopic (exact) mass is 534 g/mol. The van der Waals surface area contributed by atoms with E-state index in [-0.39, 0.29) is 28.1 Å². The SMILES string of the molecule is COc1ccc(OC)c(NC(=O)COC(=O)c2ccc(N3C(=O)[C@@H]4C[C@@H](Cl)[C@@H](Cl)C[C@H]4C3=O)cc2)c1. The molecular formula is C25H24Cl2N2O7. The lowest BCUT2D eigenvalue weighted by atomic mass is 9.80. The second kappa shape index (κ2) is 10.8. The van der Waals surface area contributed by atoms with Gasteiger partial charge in [0.25, 0.3) is 5.91 Å². The van der Waals surface area contributed by atoms with Crippen molar-refractivity contribution < 1.29 is 33.4 Å². The molecule has 11 heteroatoms. The molecule has 0 unspecified atom stereocenters. The van der Waals surface area contributed by atoms with Crippen molar-refractivity contribution in [3.8, 4) is 11.5 Å². The average Bonchev–Trinajstić information content (AvgIpc) is 3.11. The van der Waals surface area contributed by atoms with Gasteiger partial charge in [-0.2, -0.15) is 0 Å². The fourth-order valence-electron chi connectivity index (χ4n) is 4.41. The van der Waals surface area contributed by atoms with Crippen LogP contribution in [0.4, 0.5) is 11.4 Å². The Morgan fingerprint density at radius 1 is 0.944 bits per heavy atom. The van der Waals surface area contributed by atoms with Crippen LogP contribution in [0.1, 0.15) is 23.2 Å². The normalized spacial score (nSPS) is 23.2. The maximum Gasteiger partial charge on any atom is 0.338 e. The van der Waals surface area contributed by atoms with Gasteiger partial charge in [-0.15, -0.1) is 23.2 Å². The number of amides is 3. The van der Waals surface area contributed by atoms with E-state index in [1.807, 2.05) is 0 Å². The maximum atomic E-state index is 12.9. The van der Waals surface area contributed by atoms with Crippen molar-refractivity contribution in [3.63, 3.8) is 0 Å². The first-order valence-electron chi connectivity index (χ1n) is 11.2. The number of halogens is 2. The van der Waals surface area contributed by atoms with Crippen LogP contribution in [0.5, 0.6) is 11.5 Å². The number of methoxy groups -OCH3 is 2. The number of benzene rings is 2. The molecule has 1 heterocycles. The lowest BCUT2D eigenvalue weighted by Gasteiger charge is -2.28. The van der Waals surface area contributed by atoms with E-state index in [1.54, 1.807) is 18.2 Å². The molecule has 1 saturated carbocycles. The van der Waals surface area contributed by atoms with E-state index < -0.39 is 30.3 Å². The Hall–Kier alpha value is -3.30. The number of nitrogens with one attached hydrogen (secondary N) is 1. The standard InChI is InChI=1S/C25H24Cl2N2O7/c1-34-15-7-8-21(35-2)20(9-15)28-22(30)12-36-25(33)13-3-5-14(6-4-13)29-23(31)16-10-18(26)19(27)11-17(16)24(29)32/h3-9,16-19H,10-12H2,1-2H3,(H,28,30)/t16-,17-,18-,19+/m1/s1. The van der Waals surface area contributed by atoms with Gasteiger partial charge >= 0.3 is 5.97 Å². The predicted molar refractivity (Wildman–Crippen MR) is 133 cm³/mol. The van der Waals surface area contributed by atoms with Crippen molar-refractivity contribution in [1.82, 2.24) is 0 Å². The first-order chi connectivity index (χ1) is 17.2. The zero-order valence-corrected chi connectivity index (χ0v) is 21.0. The van der Waals surface area contributed by atoms with Crippen molar-refractivity contribution in [3.05, 3.63) is 48.0 Å². The van der Waals surface area contributed by atoms with Gasteiger partial charge in [0.15, 0.2) is 6.61 Å². The van der Waals surface area contributed by atoms with Crippen LogP contribution in [-0.4, -0.2) is 55.3 Å². The fraction of sp³-hybridized carbons (Fsp3) is 0.360. The van der Waals surface area contributed by atoms with E-state index in [0.717, 1.165) is 4.90 Å². The summed E-state index contributed by atoms with van der Waals surface area (Å²) in [5, 5.41) is 1.87. The van der Waals surface area contributed by atoms with Crippen LogP contribution < -0.4 is 19.7 Å². The summed E-state index contributed by atoms with van der Waals surface area (Å²) in [6.07, 6.45) is 0.686. The summed E-state index contributed by atoms with van der Waals surface area (Å²) < 4.78 is 15.4. The number of rotatable bonds is 7. The van der Waals surface area contributed by atoms with Gasteiger partial charge < -0.3 is 19.5 Å². The Morgan fingerprint density at radius 2 is 1.56 bits per heavy atom. The molecule has 1 aliphatic heterocycles. The van der Waals surface area contributed by atoms with E-state index in [9.17, 15) is 19.2 Å². The van der Waals surface area contributed by atoms with Gasteiger partial charge in [0.2, 0.25) is 11.8 Å². The molecule has 4 atom stereocenters. The first kappa shape index (κ1) is 25.8. The second-order valence-corrected chi connectivity index (χ2v) is 9.59. The number of anilines is 2. The van der Waals surface area contributed by atoms with Crippen molar-refractivity contribution in [2.45, 2.75) is 23.6 Å². The Labute approximate surface area is 217 Å². The summed E-state index contributed by atoms with van der Waals surface area (Å²) in [5.74, 6) is -2.02. The Bertz CT molecular complexity index is 1160. The fourth-order valence-corrected chi connectivity index (χ4v) is 5.00. The minimum Gasteiger partial charge on any atom is -0.497 e. The molecule has 0 aromatic heterocycles. The van der Waals surface area contributed by atoms with E-state index in [1.165, 1.54) is 38.5 Å². The minimum absolute atomic E-state index is 0.156. The number of hydrogen-bond acceptors (Lipinski definition) is 7. The zero-order valence-electron chi connectivity index (χ0n) is 19.5. The van der Waals surface area contributed by atoms with E-state index in [2.05, 4.69) is 5.32 Å². The molecule has 2 aromatic rings. The third kappa shape index (κ3) is 5.12. The van der Waals surface area contributed by atoms with Gasteiger partial charge in [0.1, 0.15) is 11.5 Å². The topological polar surface area (TPSA) is 111 Å². The van der Waals surface area contributed by atoms with Crippen LogP contribution >= 0.6 is 23.2 Å². The third-order valence-electron chi connectivity index (χ3n) is 6.29. The molecule has 1 saturated heterocycles. The molecule has 9 nitrogen and oxygen atoms in total. The summed E-state index contributed by atoms with van der Waals surface area (Å²) in [7, 11) is 2.95. The number of fused-ring (bicyclic) bond motifs is 1. The molecule has 0 spiro atoms. The molecule has 2 aromatic carbocycles. The molecule has 3 amide bonds. The van der Waals surface area contributed by atoms with Crippen LogP contribution in [0.25, 0.3) is 0 Å². The largest absolute Gasteiger partial charge is 0.497 e. The molecule has 1 N–H and O–H groups in total. The van der Waals surface area contributed by atoms with Gasteiger partial charge in [-0.05, 0) is 49.2 Å². The quantitative estimate of drug-likeness (QED) is 0.328. The van der Waals surface area contributed by atoms with E-state index >= 15 is 0 Å². The number of carbonyl (C=O) groups excluding carboxylic acids is 4. The molecule has 190 valence electrons. The number of imide groups is 1. The molecule has 0 radical (unpaired) electrons. The highest BCUT2D eigenvalue weighted by molar-refractivity contribution is 6.31. The summed E-state index contributed by atoms with van der Waals surface area (Å²) in [6.45, 7) is -0.535. The van der Waals surface area contributed by atoms with Gasteiger partial charge in [0, 0.05) is 6.07 Å². The van der Waals surface area contributed by atoms with Crippen LogP contribution in [-0.2, 0) is 19.1 Å². The maximum absolute atomic E-state index is 12.9. The van der Waals surface area contributed by atoms with E-state index in [4.69, 9.17) is 37.4 Å². The number of alkyl halides is 2. The van der Waals surface area contributed by atoms with Crippen LogP contribution in [0.3, 0.4) is 0 Å². The summed E-state index contributed by atoms with van der Waals surface area (Å²) >= 11 is 12.4. The van der Waals surface area contributed by atoms with Crippen molar-refractivity contribution >= 4 is 58.3 Å². The second-order valence-electron chi connectivity index (χ2n) is 8.47. The lowest BCUT2D eigenvalue weighted by Crippen LogP contribution is -2.34. The molecule has 4 rings (SSSR count). The van der Waals surface area contributed by atoms with Gasteiger partial charge in [-0.3, -0.25) is 19.3 Å². The summed E-state index contributed by atoms with van der Waals surface area (Å²) in [6, 6.07) is 10.7. The Kier molecular flexibility index (Phi) is 7.70. The van der Waals surface area contributed by atoms with Crippen LogP contribution in [0.15, 0.2) is 42.5 Å². The number of carbonyl (C=O) groups is 4. The zero-order chi connectivity index (χ0) is 26.0. The highest BCUT2D eigenvalue weighted by atomic mass is 35.5. The Balaban J connectivity index is 1.37. The predicted octanol–water partition coefficient (Wildman–Crippen LogP) is 3.61. The number of nitrogens with zero attached hydrogens (tertiary/aromatic N) is 1. The van der Waals surface area contributed by atoms with Gasteiger partial charge in [0.05, 0.1) is 53.7 Å². The minimum atomic E-state index is -0.739. The van der Waals surface area contributed by atoms with Gasteiger partial charge in [-0.25, -0.2) is 4.79 Å². The van der Waals surface area contributed by atoms with Crippen LogP contribution in [0, 0.1) is 11.8 Å². The molecule has 0 bridgehead atoms. The van der Waals surface area contributed by atoms with Crippen LogP contribution in [0.2, 0.25) is 0 Å². The smallest absolute Gasteiger partial charge is 0.338 e. The lowest BCUT2D eigenvalue weighted by molar-refractivity contribution is -0.122. The summed E-state index contributed by atoms with van der Waals surface area (Å²) in [4.78, 5) is 51.6. The number of ether oxygens (including phenoxy) is 3. The molecule has 2 fully saturated rings. The number of hydrogen-bond donors (Lipinski definition) is 1. The highest BCUT2D eigenvalue weighted by Crippen LogP contribution is 2.43. The van der Waals surface area contributed by atoms with Crippen molar-refractivity contribution in [1.29, 1.82) is 0 Å². The Morgan fingerprint density at radius 3 is 2.11 bits per heavy atom. The molecule has 36 heavy (non-hydrogen) atoms. The summed E-state index contributed by atoms with van der Waals surface area (Å²) in [5.41, 5.74) is 0.864. The first-order valence-corrected chi connectivity index (χ1v) is 12.1. The highest BCUT2D eigenvalue weighted by Gasteiger charge is 2.52. The van der Waals surface area contributed by atoms with Crippen molar-refractivity contribution in [2.75, 3.05) is 31.0 Å². The molecule has 2 aliphatic rings. The van der Waals surface area contributed by atoms with Gasteiger partial charge in [-0.1, -0.05) is 0 Å².